The van der Waals surface area contributed by atoms with Crippen LogP contribution in [0, 0.1) is 0 Å². The summed E-state index contributed by atoms with van der Waals surface area (Å²) in [6, 6.07) is 12.0. The van der Waals surface area contributed by atoms with Gasteiger partial charge in [0.15, 0.2) is 11.6 Å². The summed E-state index contributed by atoms with van der Waals surface area (Å²) < 4.78 is 3.74. The highest BCUT2D eigenvalue weighted by Crippen LogP contribution is 2.38. The van der Waals surface area contributed by atoms with Gasteiger partial charge in [-0.25, -0.2) is 4.98 Å². The molecule has 1 fully saturated rings. The van der Waals surface area contributed by atoms with Crippen LogP contribution in [0.4, 0.5) is 5.95 Å². The van der Waals surface area contributed by atoms with Crippen LogP contribution in [0.5, 0.6) is 5.75 Å². The lowest BCUT2D eigenvalue weighted by atomic mass is 10.0. The van der Waals surface area contributed by atoms with Gasteiger partial charge in [-0.2, -0.15) is 9.97 Å². The van der Waals surface area contributed by atoms with Crippen LogP contribution in [0.15, 0.2) is 36.4 Å². The summed E-state index contributed by atoms with van der Waals surface area (Å²) in [6.45, 7) is 2.02. The molecular formula is C21H22Cl3N5O. The highest BCUT2D eigenvalue weighted by molar-refractivity contribution is 6.66. The summed E-state index contributed by atoms with van der Waals surface area (Å²) in [5, 5.41) is 5.31. The third-order valence-corrected chi connectivity index (χ3v) is 5.79. The highest BCUT2D eigenvalue weighted by Gasteiger charge is 2.29. The van der Waals surface area contributed by atoms with Gasteiger partial charge in [0, 0.05) is 17.0 Å². The van der Waals surface area contributed by atoms with E-state index in [9.17, 15) is 0 Å². The van der Waals surface area contributed by atoms with E-state index in [4.69, 9.17) is 39.5 Å². The fourth-order valence-corrected chi connectivity index (χ4v) is 3.92. The number of benzene rings is 2. The van der Waals surface area contributed by atoms with Gasteiger partial charge in [0.2, 0.25) is 9.74 Å². The Labute approximate surface area is 190 Å². The van der Waals surface area contributed by atoms with E-state index in [2.05, 4.69) is 32.2 Å². The van der Waals surface area contributed by atoms with Crippen LogP contribution in [-0.2, 0) is 3.79 Å². The molecule has 0 atom stereocenters. The zero-order chi connectivity index (χ0) is 21.3. The second-order valence-corrected chi connectivity index (χ2v) is 9.67. The van der Waals surface area contributed by atoms with E-state index in [0.717, 1.165) is 48.0 Å². The molecule has 1 aromatic heterocycles. The SMILES string of the molecule is COc1ccc(-c2nc(NC3CCN(C)CC3)nc(C(Cl)(Cl)Cl)n2)c2ccccc12. The lowest BCUT2D eigenvalue weighted by molar-refractivity contribution is 0.263. The van der Waals surface area contributed by atoms with Gasteiger partial charge in [0.05, 0.1) is 7.11 Å². The van der Waals surface area contributed by atoms with Crippen LogP contribution in [-0.4, -0.2) is 53.1 Å². The molecule has 0 saturated carbocycles. The first-order chi connectivity index (χ1) is 14.3. The predicted molar refractivity (Wildman–Crippen MR) is 123 cm³/mol. The van der Waals surface area contributed by atoms with Gasteiger partial charge in [-0.3, -0.25) is 0 Å². The molecule has 1 aliphatic rings. The number of ether oxygens (including phenoxy) is 1. The fraction of sp³-hybridized carbons (Fsp3) is 0.381. The molecule has 6 nitrogen and oxygen atoms in total. The monoisotopic (exact) mass is 465 g/mol. The number of nitrogens with one attached hydrogen (secondary N) is 1. The number of fused-ring (bicyclic) bond motifs is 1. The second kappa shape index (κ2) is 8.71. The predicted octanol–water partition coefficient (Wildman–Crippen LogP) is 5.03. The van der Waals surface area contributed by atoms with Crippen molar-refractivity contribution in [1.29, 1.82) is 0 Å². The zero-order valence-electron chi connectivity index (χ0n) is 16.7. The molecule has 158 valence electrons. The van der Waals surface area contributed by atoms with Crippen molar-refractivity contribution in [2.45, 2.75) is 22.7 Å². The molecule has 30 heavy (non-hydrogen) atoms. The molecule has 0 amide bonds. The van der Waals surface area contributed by atoms with Crippen molar-refractivity contribution in [1.82, 2.24) is 19.9 Å². The number of aromatic nitrogens is 3. The molecular weight excluding hydrogens is 445 g/mol. The molecule has 4 rings (SSSR count). The standard InChI is InChI=1S/C21H22Cl3N5O/c1-29-11-9-13(10-12-29)25-20-27-18(26-19(28-20)21(22,23)24)16-7-8-17(30-2)15-6-4-3-5-14(15)16/h3-8,13H,9-12H2,1-2H3,(H,25,26,27,28). The van der Waals surface area contributed by atoms with Gasteiger partial charge in [-0.1, -0.05) is 59.1 Å². The second-order valence-electron chi connectivity index (χ2n) is 7.39. The molecule has 0 bridgehead atoms. The van der Waals surface area contributed by atoms with Gasteiger partial charge in [0.1, 0.15) is 5.75 Å². The summed E-state index contributed by atoms with van der Waals surface area (Å²) in [4.78, 5) is 15.8. The van der Waals surface area contributed by atoms with Crippen LogP contribution in [0.3, 0.4) is 0 Å². The zero-order valence-corrected chi connectivity index (χ0v) is 19.0. The van der Waals surface area contributed by atoms with Crippen molar-refractivity contribution in [3.8, 4) is 17.1 Å². The first kappa shape index (κ1) is 21.4. The largest absolute Gasteiger partial charge is 0.496 e. The lowest BCUT2D eigenvalue weighted by Gasteiger charge is -2.29. The summed E-state index contributed by atoms with van der Waals surface area (Å²) in [7, 11) is 3.77. The quantitative estimate of drug-likeness (QED) is 0.544. The van der Waals surface area contributed by atoms with Gasteiger partial charge < -0.3 is 15.0 Å². The number of piperidine rings is 1. The van der Waals surface area contributed by atoms with Gasteiger partial charge >= 0.3 is 0 Å². The van der Waals surface area contributed by atoms with E-state index in [1.54, 1.807) is 7.11 Å². The molecule has 1 N–H and O–H groups in total. The Morgan fingerprint density at radius 2 is 1.70 bits per heavy atom. The molecule has 0 spiro atoms. The van der Waals surface area contributed by atoms with Crippen LogP contribution >= 0.6 is 34.8 Å². The van der Waals surface area contributed by atoms with Crippen LogP contribution in [0.2, 0.25) is 0 Å². The Balaban J connectivity index is 1.79. The average Bonchev–Trinajstić information content (AvgIpc) is 2.74. The first-order valence-corrected chi connectivity index (χ1v) is 10.8. The molecule has 1 aliphatic heterocycles. The van der Waals surface area contributed by atoms with E-state index in [1.165, 1.54) is 0 Å². The minimum Gasteiger partial charge on any atom is -0.496 e. The van der Waals surface area contributed by atoms with Crippen LogP contribution < -0.4 is 10.1 Å². The molecule has 3 aromatic rings. The summed E-state index contributed by atoms with van der Waals surface area (Å²) in [5.74, 6) is 1.72. The van der Waals surface area contributed by atoms with Gasteiger partial charge in [-0.15, -0.1) is 0 Å². The van der Waals surface area contributed by atoms with Crippen molar-refractivity contribution < 1.29 is 4.74 Å². The molecule has 9 heteroatoms. The Bertz CT molecular complexity index is 1050. The van der Waals surface area contributed by atoms with E-state index in [1.807, 2.05) is 36.4 Å². The molecule has 0 unspecified atom stereocenters. The first-order valence-electron chi connectivity index (χ1n) is 9.69. The molecule has 0 radical (unpaired) electrons. The van der Waals surface area contributed by atoms with Gasteiger partial charge in [-0.05, 0) is 50.5 Å². The summed E-state index contributed by atoms with van der Waals surface area (Å²) >= 11 is 18.4. The number of methoxy groups -OCH3 is 1. The van der Waals surface area contributed by atoms with Crippen molar-refractivity contribution >= 4 is 51.5 Å². The van der Waals surface area contributed by atoms with E-state index < -0.39 is 3.79 Å². The maximum atomic E-state index is 6.14. The Kier molecular flexibility index (Phi) is 6.21. The Morgan fingerprint density at radius 1 is 1.00 bits per heavy atom. The smallest absolute Gasteiger partial charge is 0.250 e. The fourth-order valence-electron chi connectivity index (χ4n) is 3.67. The van der Waals surface area contributed by atoms with Crippen LogP contribution in [0.1, 0.15) is 18.7 Å². The van der Waals surface area contributed by atoms with Crippen molar-refractivity contribution in [3.05, 3.63) is 42.2 Å². The minimum absolute atomic E-state index is 0.0906. The van der Waals surface area contributed by atoms with Crippen LogP contribution in [0.25, 0.3) is 22.2 Å². The molecule has 2 heterocycles. The average molecular weight is 467 g/mol. The number of likely N-dealkylation sites (tertiary alicyclic amines) is 1. The summed E-state index contributed by atoms with van der Waals surface area (Å²) in [6.07, 6.45) is 1.98. The van der Waals surface area contributed by atoms with E-state index in [0.29, 0.717) is 11.8 Å². The third kappa shape index (κ3) is 4.57. The van der Waals surface area contributed by atoms with E-state index in [-0.39, 0.29) is 11.9 Å². The Hall–Kier alpha value is -1.86. The number of anilines is 1. The normalized spacial score (nSPS) is 16.0. The topological polar surface area (TPSA) is 63.2 Å². The molecule has 1 saturated heterocycles. The number of hydrogen-bond acceptors (Lipinski definition) is 6. The highest BCUT2D eigenvalue weighted by atomic mass is 35.6. The molecule has 0 aliphatic carbocycles. The van der Waals surface area contributed by atoms with E-state index >= 15 is 0 Å². The van der Waals surface area contributed by atoms with Crippen molar-refractivity contribution in [2.75, 3.05) is 32.6 Å². The Morgan fingerprint density at radius 3 is 2.37 bits per heavy atom. The van der Waals surface area contributed by atoms with Crippen molar-refractivity contribution in [2.24, 2.45) is 0 Å². The van der Waals surface area contributed by atoms with Crippen molar-refractivity contribution in [3.63, 3.8) is 0 Å². The lowest BCUT2D eigenvalue weighted by Crippen LogP contribution is -2.37. The number of hydrogen-bond donors (Lipinski definition) is 1. The third-order valence-electron chi connectivity index (χ3n) is 5.29. The maximum absolute atomic E-state index is 6.14. The number of alkyl halides is 3. The molecule has 2 aromatic carbocycles. The number of rotatable bonds is 4. The van der Waals surface area contributed by atoms with Gasteiger partial charge in [0.25, 0.3) is 0 Å². The number of halogens is 3. The minimum atomic E-state index is -1.76. The summed E-state index contributed by atoms with van der Waals surface area (Å²) in [5.41, 5.74) is 0.815. The maximum Gasteiger partial charge on any atom is 0.250 e. The number of nitrogens with zero attached hydrogens (tertiary/aromatic N) is 4.